The Labute approximate surface area is 126 Å². The lowest BCUT2D eigenvalue weighted by atomic mass is 10.1. The Bertz CT molecular complexity index is 508. The van der Waals surface area contributed by atoms with Gasteiger partial charge in [-0.05, 0) is 26.8 Å². The maximum atomic E-state index is 5.87. The number of nitrogens with zero attached hydrogens (tertiary/aromatic N) is 1. The second-order valence-electron chi connectivity index (χ2n) is 5.60. The van der Waals surface area contributed by atoms with Crippen LogP contribution in [0.25, 0.3) is 0 Å². The van der Waals surface area contributed by atoms with Crippen molar-refractivity contribution in [1.82, 2.24) is 5.32 Å². The number of ether oxygens (including phenoxy) is 3. The van der Waals surface area contributed by atoms with Crippen LogP contribution in [0.1, 0.15) is 26.3 Å². The zero-order valence-electron chi connectivity index (χ0n) is 13.6. The molecular weight excluding hydrogens is 270 g/mol. The van der Waals surface area contributed by atoms with E-state index < -0.39 is 0 Å². The van der Waals surface area contributed by atoms with E-state index in [0.29, 0.717) is 29.8 Å². The van der Waals surface area contributed by atoms with Crippen LogP contribution in [0.3, 0.4) is 0 Å². The molecule has 0 spiro atoms. The fourth-order valence-corrected chi connectivity index (χ4v) is 1.81. The molecule has 0 radical (unpaired) electrons. The molecule has 21 heavy (non-hydrogen) atoms. The minimum atomic E-state index is -0.130. The van der Waals surface area contributed by atoms with Crippen LogP contribution in [0.4, 0.5) is 0 Å². The van der Waals surface area contributed by atoms with Gasteiger partial charge in [0.25, 0.3) is 0 Å². The monoisotopic (exact) mass is 295 g/mol. The summed E-state index contributed by atoms with van der Waals surface area (Å²) in [4.78, 5) is 4.33. The van der Waals surface area contributed by atoms with Gasteiger partial charge in [-0.3, -0.25) is 0 Å². The zero-order valence-corrected chi connectivity index (χ0v) is 13.6. The van der Waals surface area contributed by atoms with E-state index in [1.165, 1.54) is 0 Å². The molecule has 0 atom stereocenters. The summed E-state index contributed by atoms with van der Waals surface area (Å²) in [7, 11) is 4.78. The van der Waals surface area contributed by atoms with Crippen LogP contribution in [-0.2, 0) is 6.54 Å². The van der Waals surface area contributed by atoms with Crippen molar-refractivity contribution in [3.63, 3.8) is 0 Å². The molecule has 0 bridgehead atoms. The van der Waals surface area contributed by atoms with Gasteiger partial charge in [-0.2, -0.15) is 0 Å². The highest BCUT2D eigenvalue weighted by molar-refractivity contribution is 5.78. The third kappa shape index (κ3) is 5.06. The number of nitrogens with one attached hydrogen (secondary N) is 1. The van der Waals surface area contributed by atoms with Gasteiger partial charge in [0.2, 0.25) is 0 Å². The molecule has 0 saturated heterocycles. The molecule has 0 aromatic heterocycles. The number of rotatable bonds is 5. The first-order chi connectivity index (χ1) is 9.80. The van der Waals surface area contributed by atoms with Crippen LogP contribution in [0.2, 0.25) is 0 Å². The van der Waals surface area contributed by atoms with Gasteiger partial charge in [0.15, 0.2) is 17.5 Å². The molecule has 6 nitrogen and oxygen atoms in total. The largest absolute Gasteiger partial charge is 0.496 e. The number of guanidine groups is 1. The normalized spacial score (nSPS) is 12.0. The Morgan fingerprint density at radius 2 is 1.57 bits per heavy atom. The summed E-state index contributed by atoms with van der Waals surface area (Å²) >= 11 is 0. The average molecular weight is 295 g/mol. The van der Waals surface area contributed by atoms with E-state index in [-0.39, 0.29) is 5.54 Å². The fraction of sp³-hybridized carbons (Fsp3) is 0.533. The van der Waals surface area contributed by atoms with Crippen LogP contribution in [0.5, 0.6) is 17.2 Å². The molecule has 0 unspecified atom stereocenters. The average Bonchev–Trinajstić information content (AvgIpc) is 2.42. The van der Waals surface area contributed by atoms with E-state index in [9.17, 15) is 0 Å². The maximum Gasteiger partial charge on any atom is 0.189 e. The summed E-state index contributed by atoms with van der Waals surface area (Å²) in [5.41, 5.74) is 6.61. The van der Waals surface area contributed by atoms with Crippen molar-refractivity contribution in [2.75, 3.05) is 21.3 Å². The van der Waals surface area contributed by atoms with Crippen molar-refractivity contribution in [2.24, 2.45) is 10.7 Å². The van der Waals surface area contributed by atoms with Crippen LogP contribution in [0, 0.1) is 0 Å². The van der Waals surface area contributed by atoms with Gasteiger partial charge in [0.1, 0.15) is 5.75 Å². The predicted octanol–water partition coefficient (Wildman–Crippen LogP) is 1.92. The Hall–Kier alpha value is -2.11. The highest BCUT2D eigenvalue weighted by atomic mass is 16.5. The smallest absolute Gasteiger partial charge is 0.189 e. The van der Waals surface area contributed by atoms with Crippen LogP contribution < -0.4 is 25.3 Å². The van der Waals surface area contributed by atoms with Gasteiger partial charge in [0.05, 0.1) is 27.9 Å². The molecule has 118 valence electrons. The summed E-state index contributed by atoms with van der Waals surface area (Å²) in [6.07, 6.45) is 0. The molecule has 0 aliphatic heterocycles. The van der Waals surface area contributed by atoms with E-state index in [1.807, 2.05) is 26.8 Å². The highest BCUT2D eigenvalue weighted by Gasteiger charge is 2.13. The van der Waals surface area contributed by atoms with Crippen LogP contribution in [0.15, 0.2) is 17.1 Å². The number of hydrogen-bond acceptors (Lipinski definition) is 4. The van der Waals surface area contributed by atoms with Crippen molar-refractivity contribution in [2.45, 2.75) is 32.9 Å². The molecule has 0 heterocycles. The quantitative estimate of drug-likeness (QED) is 0.641. The standard InChI is InChI=1S/C15H25N3O3/c1-15(2,3)18-14(16)17-9-10-7-12(20-5)13(21-6)8-11(10)19-4/h7-8H,9H2,1-6H3,(H3,16,17,18). The van der Waals surface area contributed by atoms with Crippen molar-refractivity contribution >= 4 is 5.96 Å². The second kappa shape index (κ2) is 7.06. The number of nitrogens with two attached hydrogens (primary N) is 1. The minimum absolute atomic E-state index is 0.130. The molecule has 6 heteroatoms. The maximum absolute atomic E-state index is 5.87. The van der Waals surface area contributed by atoms with E-state index >= 15 is 0 Å². The third-order valence-corrected chi connectivity index (χ3v) is 2.71. The number of methoxy groups -OCH3 is 3. The van der Waals surface area contributed by atoms with Gasteiger partial charge in [-0.15, -0.1) is 0 Å². The lowest BCUT2D eigenvalue weighted by molar-refractivity contribution is 0.347. The van der Waals surface area contributed by atoms with Gasteiger partial charge in [-0.1, -0.05) is 0 Å². The lowest BCUT2D eigenvalue weighted by Gasteiger charge is -2.21. The number of aliphatic imine (C=N–C) groups is 1. The van der Waals surface area contributed by atoms with E-state index in [1.54, 1.807) is 27.4 Å². The Kier molecular flexibility index (Phi) is 5.69. The van der Waals surface area contributed by atoms with Crippen LogP contribution in [-0.4, -0.2) is 32.8 Å². The van der Waals surface area contributed by atoms with Crippen molar-refractivity contribution < 1.29 is 14.2 Å². The van der Waals surface area contributed by atoms with E-state index in [4.69, 9.17) is 19.9 Å². The summed E-state index contributed by atoms with van der Waals surface area (Å²) in [6.45, 7) is 6.45. The molecular formula is C15H25N3O3. The van der Waals surface area contributed by atoms with Gasteiger partial charge in [-0.25, -0.2) is 4.99 Å². The fourth-order valence-electron chi connectivity index (χ4n) is 1.81. The minimum Gasteiger partial charge on any atom is -0.496 e. The van der Waals surface area contributed by atoms with Crippen molar-refractivity contribution in [3.8, 4) is 17.2 Å². The van der Waals surface area contributed by atoms with E-state index in [0.717, 1.165) is 5.56 Å². The SMILES string of the molecule is COc1cc(OC)c(OC)cc1CN=C(N)NC(C)(C)C. The zero-order chi connectivity index (χ0) is 16.0. The molecule has 0 aliphatic carbocycles. The molecule has 0 saturated carbocycles. The lowest BCUT2D eigenvalue weighted by Crippen LogP contribution is -2.44. The van der Waals surface area contributed by atoms with Gasteiger partial charge >= 0.3 is 0 Å². The van der Waals surface area contributed by atoms with Crippen LogP contribution >= 0.6 is 0 Å². The molecule has 0 aliphatic rings. The Morgan fingerprint density at radius 3 is 2.05 bits per heavy atom. The van der Waals surface area contributed by atoms with Gasteiger partial charge in [0, 0.05) is 17.2 Å². The molecule has 3 N–H and O–H groups in total. The Morgan fingerprint density at radius 1 is 1.05 bits per heavy atom. The van der Waals surface area contributed by atoms with Crippen molar-refractivity contribution in [1.29, 1.82) is 0 Å². The third-order valence-electron chi connectivity index (χ3n) is 2.71. The summed E-state index contributed by atoms with van der Waals surface area (Å²) < 4.78 is 15.9. The van der Waals surface area contributed by atoms with Crippen molar-refractivity contribution in [3.05, 3.63) is 17.7 Å². The summed E-state index contributed by atoms with van der Waals surface area (Å²) in [6, 6.07) is 3.61. The summed E-state index contributed by atoms with van der Waals surface area (Å²) in [5, 5.41) is 3.11. The summed E-state index contributed by atoms with van der Waals surface area (Å²) in [5.74, 6) is 2.31. The molecule has 1 rings (SSSR count). The molecule has 1 aromatic rings. The van der Waals surface area contributed by atoms with E-state index in [2.05, 4.69) is 10.3 Å². The first-order valence-corrected chi connectivity index (χ1v) is 6.67. The first kappa shape index (κ1) is 16.9. The topological polar surface area (TPSA) is 78.1 Å². The Balaban J connectivity index is 2.99. The van der Waals surface area contributed by atoms with Gasteiger partial charge < -0.3 is 25.3 Å². The molecule has 1 aromatic carbocycles. The highest BCUT2D eigenvalue weighted by Crippen LogP contribution is 2.34. The molecule has 0 amide bonds. The first-order valence-electron chi connectivity index (χ1n) is 6.67. The second-order valence-corrected chi connectivity index (χ2v) is 5.60. The predicted molar refractivity (Wildman–Crippen MR) is 84.3 cm³/mol. The number of hydrogen-bond donors (Lipinski definition) is 2. The number of benzene rings is 1. The molecule has 0 fully saturated rings.